The molecule has 1 saturated heterocycles. The average Bonchev–Trinajstić information content (AvgIpc) is 3.13. The zero-order valence-corrected chi connectivity index (χ0v) is 14.5. The minimum absolute atomic E-state index is 0.0247. The fourth-order valence-corrected chi connectivity index (χ4v) is 3.44. The number of nitro benzene ring substituents is 1. The van der Waals surface area contributed by atoms with Gasteiger partial charge < -0.3 is 4.90 Å². The lowest BCUT2D eigenvalue weighted by Crippen LogP contribution is -2.47. The Bertz CT molecular complexity index is 766. The van der Waals surface area contributed by atoms with E-state index in [1.165, 1.54) is 23.8 Å². The second-order valence-electron chi connectivity index (χ2n) is 5.92. The summed E-state index contributed by atoms with van der Waals surface area (Å²) in [6.07, 6.45) is 3.13. The van der Waals surface area contributed by atoms with E-state index < -0.39 is 4.92 Å². The van der Waals surface area contributed by atoms with Crippen LogP contribution in [0.15, 0.2) is 47.2 Å². The Balaban J connectivity index is 1.52. The lowest BCUT2D eigenvalue weighted by atomic mass is 10.2. The molecule has 1 aromatic carbocycles. The van der Waals surface area contributed by atoms with Gasteiger partial charge in [-0.1, -0.05) is 12.1 Å². The van der Waals surface area contributed by atoms with E-state index in [2.05, 4.69) is 21.7 Å². The highest BCUT2D eigenvalue weighted by Gasteiger charge is 2.19. The van der Waals surface area contributed by atoms with Crippen molar-refractivity contribution in [2.45, 2.75) is 6.54 Å². The van der Waals surface area contributed by atoms with Gasteiger partial charge in [-0.3, -0.25) is 19.8 Å². The van der Waals surface area contributed by atoms with Crippen molar-refractivity contribution in [2.75, 3.05) is 26.2 Å². The molecule has 0 N–H and O–H groups in total. The highest BCUT2D eigenvalue weighted by Crippen LogP contribution is 2.15. The lowest BCUT2D eigenvalue weighted by Gasteiger charge is -2.34. The molecule has 1 fully saturated rings. The first-order valence-corrected chi connectivity index (χ1v) is 9.01. The number of non-ortho nitro benzene ring substituents is 1. The maximum absolute atomic E-state index is 12.3. The molecule has 1 aliphatic heterocycles. The van der Waals surface area contributed by atoms with Crippen LogP contribution in [0.3, 0.4) is 0 Å². The van der Waals surface area contributed by atoms with Gasteiger partial charge in [0, 0.05) is 50.9 Å². The summed E-state index contributed by atoms with van der Waals surface area (Å²) in [5.41, 5.74) is 1.99. The van der Waals surface area contributed by atoms with Crippen LogP contribution < -0.4 is 0 Å². The third kappa shape index (κ3) is 4.74. The SMILES string of the molecule is O=C(/C=C/c1cccc([N+](=O)[O-])c1)N1CCN(Cc2ccsc2)CC1. The number of nitrogens with zero attached hydrogens (tertiary/aromatic N) is 3. The standard InChI is InChI=1S/C18H19N3O3S/c22-18(5-4-15-2-1-3-17(12-15)21(23)24)20-9-7-19(8-10-20)13-16-6-11-25-14-16/h1-6,11-12,14H,7-10,13H2/b5-4+. The number of carbonyl (C=O) groups excluding carboxylic acids is 1. The van der Waals surface area contributed by atoms with E-state index in [0.717, 1.165) is 19.6 Å². The molecule has 1 aliphatic rings. The van der Waals surface area contributed by atoms with E-state index in [-0.39, 0.29) is 11.6 Å². The number of hydrogen-bond donors (Lipinski definition) is 0. The molecule has 25 heavy (non-hydrogen) atoms. The van der Waals surface area contributed by atoms with E-state index in [9.17, 15) is 14.9 Å². The Kier molecular flexibility index (Phi) is 5.57. The molecule has 1 aromatic heterocycles. The van der Waals surface area contributed by atoms with Crippen molar-refractivity contribution in [3.05, 3.63) is 68.4 Å². The summed E-state index contributed by atoms with van der Waals surface area (Å²) in [4.78, 5) is 26.8. The van der Waals surface area contributed by atoms with Crippen LogP contribution in [0.4, 0.5) is 5.69 Å². The summed E-state index contributed by atoms with van der Waals surface area (Å²) in [5, 5.41) is 15.0. The Hall–Kier alpha value is -2.51. The predicted octanol–water partition coefficient (Wildman–Crippen LogP) is 3.01. The van der Waals surface area contributed by atoms with E-state index in [0.29, 0.717) is 18.7 Å². The molecule has 2 aromatic rings. The highest BCUT2D eigenvalue weighted by atomic mass is 32.1. The number of carbonyl (C=O) groups is 1. The summed E-state index contributed by atoms with van der Waals surface area (Å²) < 4.78 is 0. The Labute approximate surface area is 150 Å². The zero-order valence-electron chi connectivity index (χ0n) is 13.7. The third-order valence-electron chi connectivity index (χ3n) is 4.17. The number of rotatable bonds is 5. The predicted molar refractivity (Wildman–Crippen MR) is 98.3 cm³/mol. The third-order valence-corrected chi connectivity index (χ3v) is 4.90. The summed E-state index contributed by atoms with van der Waals surface area (Å²) in [7, 11) is 0. The highest BCUT2D eigenvalue weighted by molar-refractivity contribution is 7.07. The first-order chi connectivity index (χ1) is 12.1. The van der Waals surface area contributed by atoms with E-state index in [1.807, 2.05) is 4.90 Å². The Morgan fingerprint density at radius 2 is 2.04 bits per heavy atom. The van der Waals surface area contributed by atoms with Crippen LogP contribution in [0.2, 0.25) is 0 Å². The molecular formula is C18H19N3O3S. The van der Waals surface area contributed by atoms with Gasteiger partial charge in [-0.25, -0.2) is 0 Å². The largest absolute Gasteiger partial charge is 0.337 e. The molecule has 130 valence electrons. The minimum atomic E-state index is -0.439. The normalized spacial score (nSPS) is 15.6. The van der Waals surface area contributed by atoms with Crippen LogP contribution in [0, 0.1) is 10.1 Å². The molecule has 0 saturated carbocycles. The van der Waals surface area contributed by atoms with Gasteiger partial charge in [0.1, 0.15) is 0 Å². The van der Waals surface area contributed by atoms with Crippen molar-refractivity contribution < 1.29 is 9.72 Å². The summed E-state index contributed by atoms with van der Waals surface area (Å²) in [5.74, 6) is -0.0540. The minimum Gasteiger partial charge on any atom is -0.337 e. The maximum atomic E-state index is 12.3. The fourth-order valence-electron chi connectivity index (χ4n) is 2.78. The monoisotopic (exact) mass is 357 g/mol. The van der Waals surface area contributed by atoms with Crippen molar-refractivity contribution in [3.8, 4) is 0 Å². The van der Waals surface area contributed by atoms with Gasteiger partial charge in [-0.05, 0) is 34.0 Å². The fraction of sp³-hybridized carbons (Fsp3) is 0.278. The van der Waals surface area contributed by atoms with Gasteiger partial charge in [-0.15, -0.1) is 0 Å². The molecule has 0 bridgehead atoms. The Morgan fingerprint density at radius 3 is 2.72 bits per heavy atom. The van der Waals surface area contributed by atoms with Gasteiger partial charge in [-0.2, -0.15) is 11.3 Å². The van der Waals surface area contributed by atoms with Crippen LogP contribution in [0.5, 0.6) is 0 Å². The number of piperazine rings is 1. The molecule has 0 aliphatic carbocycles. The topological polar surface area (TPSA) is 66.7 Å². The number of nitro groups is 1. The molecule has 1 amide bonds. The van der Waals surface area contributed by atoms with E-state index in [4.69, 9.17) is 0 Å². The second-order valence-corrected chi connectivity index (χ2v) is 6.70. The molecule has 2 heterocycles. The quantitative estimate of drug-likeness (QED) is 0.469. The van der Waals surface area contributed by atoms with E-state index in [1.54, 1.807) is 29.5 Å². The van der Waals surface area contributed by atoms with Gasteiger partial charge in [0.2, 0.25) is 5.91 Å². The molecule has 0 radical (unpaired) electrons. The number of amides is 1. The van der Waals surface area contributed by atoms with Crippen LogP contribution in [0.25, 0.3) is 6.08 Å². The van der Waals surface area contributed by atoms with Gasteiger partial charge in [0.25, 0.3) is 5.69 Å². The second kappa shape index (κ2) is 8.04. The molecule has 3 rings (SSSR count). The smallest absolute Gasteiger partial charge is 0.270 e. The first kappa shape index (κ1) is 17.3. The molecule has 6 nitrogen and oxygen atoms in total. The zero-order chi connectivity index (χ0) is 17.6. The van der Waals surface area contributed by atoms with Gasteiger partial charge >= 0.3 is 0 Å². The maximum Gasteiger partial charge on any atom is 0.270 e. The number of thiophene rings is 1. The molecule has 7 heteroatoms. The average molecular weight is 357 g/mol. The summed E-state index contributed by atoms with van der Waals surface area (Å²) in [6, 6.07) is 8.39. The first-order valence-electron chi connectivity index (χ1n) is 8.07. The summed E-state index contributed by atoms with van der Waals surface area (Å²) in [6.45, 7) is 4.03. The number of benzene rings is 1. The van der Waals surface area contributed by atoms with Crippen LogP contribution >= 0.6 is 11.3 Å². The van der Waals surface area contributed by atoms with Crippen molar-refractivity contribution in [3.63, 3.8) is 0 Å². The summed E-state index contributed by atoms with van der Waals surface area (Å²) >= 11 is 1.70. The van der Waals surface area contributed by atoms with Crippen molar-refractivity contribution in [2.24, 2.45) is 0 Å². The van der Waals surface area contributed by atoms with Crippen LogP contribution in [0.1, 0.15) is 11.1 Å². The van der Waals surface area contributed by atoms with Crippen LogP contribution in [-0.4, -0.2) is 46.8 Å². The molecule has 0 unspecified atom stereocenters. The molecule has 0 atom stereocenters. The van der Waals surface area contributed by atoms with Crippen LogP contribution in [-0.2, 0) is 11.3 Å². The van der Waals surface area contributed by atoms with Gasteiger partial charge in [0.05, 0.1) is 4.92 Å². The lowest BCUT2D eigenvalue weighted by molar-refractivity contribution is -0.384. The molecule has 0 spiro atoms. The van der Waals surface area contributed by atoms with Crippen molar-refractivity contribution in [1.82, 2.24) is 9.80 Å². The van der Waals surface area contributed by atoms with Crippen molar-refractivity contribution in [1.29, 1.82) is 0 Å². The number of hydrogen-bond acceptors (Lipinski definition) is 5. The molecular weight excluding hydrogens is 338 g/mol. The van der Waals surface area contributed by atoms with Gasteiger partial charge in [0.15, 0.2) is 0 Å². The van der Waals surface area contributed by atoms with Crippen molar-refractivity contribution >= 4 is 29.0 Å². The Morgan fingerprint density at radius 1 is 1.24 bits per heavy atom. The van der Waals surface area contributed by atoms with E-state index >= 15 is 0 Å².